The summed E-state index contributed by atoms with van der Waals surface area (Å²) in [4.78, 5) is 9.71. The van der Waals surface area contributed by atoms with E-state index in [9.17, 15) is 0 Å². The lowest BCUT2D eigenvalue weighted by molar-refractivity contribution is 0.346. The third-order valence-corrected chi connectivity index (χ3v) is 7.96. The standard InChI is InChI=1S/C37H24N2O2/c1-6-17-33-25(10-1)19-20-34(39-33)26-22-36(40-24-26)41-28-12-9-11-27(23-28)37(35-18-7-8-21-38-35)31-15-4-2-13-29(31)30-14-3-5-16-32(30)37/h1-24H. The number of para-hydroxylation sites is 1. The van der Waals surface area contributed by atoms with Crippen molar-refractivity contribution in [3.63, 3.8) is 0 Å². The van der Waals surface area contributed by atoms with Crippen molar-refractivity contribution in [1.29, 1.82) is 0 Å². The van der Waals surface area contributed by atoms with Gasteiger partial charge in [-0.15, -0.1) is 0 Å². The molecule has 194 valence electrons. The molecule has 8 rings (SSSR count). The number of benzene rings is 4. The SMILES string of the molecule is c1ccc(C2(c3cccc(Oc4cc(-c5ccc6ccccc6n5)co4)c3)c3ccccc3-c3ccccc32)nc1. The van der Waals surface area contributed by atoms with E-state index < -0.39 is 5.41 Å². The van der Waals surface area contributed by atoms with E-state index in [4.69, 9.17) is 19.1 Å². The second-order valence-corrected chi connectivity index (χ2v) is 10.2. The zero-order valence-corrected chi connectivity index (χ0v) is 22.1. The molecule has 41 heavy (non-hydrogen) atoms. The number of rotatable bonds is 5. The summed E-state index contributed by atoms with van der Waals surface area (Å²) in [5.41, 5.74) is 8.97. The van der Waals surface area contributed by atoms with Crippen LogP contribution in [0.1, 0.15) is 22.4 Å². The van der Waals surface area contributed by atoms with Crippen molar-refractivity contribution in [3.8, 4) is 34.1 Å². The number of nitrogens with zero attached hydrogens (tertiary/aromatic N) is 2. The molecule has 0 atom stereocenters. The molecule has 0 fully saturated rings. The highest BCUT2D eigenvalue weighted by Gasteiger charge is 2.47. The van der Waals surface area contributed by atoms with Crippen molar-refractivity contribution in [2.75, 3.05) is 0 Å². The van der Waals surface area contributed by atoms with Crippen molar-refractivity contribution < 1.29 is 9.15 Å². The molecule has 0 bridgehead atoms. The first-order chi connectivity index (χ1) is 20.3. The molecule has 1 aliphatic carbocycles. The van der Waals surface area contributed by atoms with E-state index in [-0.39, 0.29) is 0 Å². The van der Waals surface area contributed by atoms with Gasteiger partial charge in [0.2, 0.25) is 0 Å². The zero-order chi connectivity index (χ0) is 27.2. The van der Waals surface area contributed by atoms with Crippen LogP contribution in [0.5, 0.6) is 11.7 Å². The number of pyridine rings is 2. The van der Waals surface area contributed by atoms with E-state index in [1.54, 1.807) is 6.26 Å². The van der Waals surface area contributed by atoms with Gasteiger partial charge >= 0.3 is 0 Å². The molecule has 0 N–H and O–H groups in total. The Morgan fingerprint density at radius 2 is 1.39 bits per heavy atom. The topological polar surface area (TPSA) is 48.2 Å². The van der Waals surface area contributed by atoms with Crippen molar-refractivity contribution in [2.45, 2.75) is 5.41 Å². The number of furan rings is 1. The first-order valence-electron chi connectivity index (χ1n) is 13.6. The molecule has 0 saturated heterocycles. The third-order valence-electron chi connectivity index (χ3n) is 7.96. The maximum atomic E-state index is 6.31. The molecule has 1 aliphatic rings. The van der Waals surface area contributed by atoms with Crippen molar-refractivity contribution in [3.05, 3.63) is 168 Å². The quantitative estimate of drug-likeness (QED) is 0.224. The van der Waals surface area contributed by atoms with Crippen LogP contribution < -0.4 is 4.74 Å². The van der Waals surface area contributed by atoms with Gasteiger partial charge in [0.1, 0.15) is 12.0 Å². The van der Waals surface area contributed by atoms with Crippen LogP contribution in [-0.2, 0) is 5.41 Å². The van der Waals surface area contributed by atoms with Crippen LogP contribution >= 0.6 is 0 Å². The van der Waals surface area contributed by atoms with Gasteiger partial charge in [0.05, 0.1) is 22.3 Å². The number of ether oxygens (including phenoxy) is 1. The van der Waals surface area contributed by atoms with Crippen LogP contribution in [0.3, 0.4) is 0 Å². The highest BCUT2D eigenvalue weighted by atomic mass is 16.6. The van der Waals surface area contributed by atoms with Gasteiger partial charge in [0.25, 0.3) is 5.95 Å². The Kier molecular flexibility index (Phi) is 5.32. The second kappa shape index (κ2) is 9.32. The molecule has 0 saturated carbocycles. The minimum atomic E-state index is -0.586. The monoisotopic (exact) mass is 528 g/mol. The number of hydrogen-bond acceptors (Lipinski definition) is 4. The molecule has 4 nitrogen and oxygen atoms in total. The van der Waals surface area contributed by atoms with Gasteiger partial charge in [0, 0.05) is 23.2 Å². The minimum absolute atomic E-state index is 0.409. The van der Waals surface area contributed by atoms with Crippen molar-refractivity contribution in [2.24, 2.45) is 0 Å². The van der Waals surface area contributed by atoms with Crippen LogP contribution in [0.4, 0.5) is 0 Å². The fourth-order valence-electron chi connectivity index (χ4n) is 6.19. The molecule has 7 aromatic rings. The Morgan fingerprint density at radius 1 is 0.634 bits per heavy atom. The van der Waals surface area contributed by atoms with Gasteiger partial charge in [-0.3, -0.25) is 4.98 Å². The Balaban J connectivity index is 1.22. The molecule has 0 unspecified atom stereocenters. The summed E-state index contributed by atoms with van der Waals surface area (Å²) in [6, 6.07) is 45.7. The normalized spacial score (nSPS) is 13.1. The third kappa shape index (κ3) is 3.69. The van der Waals surface area contributed by atoms with Crippen LogP contribution in [0.15, 0.2) is 150 Å². The highest BCUT2D eigenvalue weighted by Crippen LogP contribution is 2.55. The highest BCUT2D eigenvalue weighted by molar-refractivity contribution is 5.86. The lowest BCUT2D eigenvalue weighted by Crippen LogP contribution is -2.29. The molecule has 0 radical (unpaired) electrons. The fourth-order valence-corrected chi connectivity index (χ4v) is 6.19. The lowest BCUT2D eigenvalue weighted by atomic mass is 9.70. The van der Waals surface area contributed by atoms with E-state index in [0.717, 1.165) is 33.4 Å². The fraction of sp³-hybridized carbons (Fsp3) is 0.0270. The summed E-state index contributed by atoms with van der Waals surface area (Å²) in [7, 11) is 0. The molecule has 3 aromatic heterocycles. The molecule has 3 heterocycles. The number of fused-ring (bicyclic) bond motifs is 4. The van der Waals surface area contributed by atoms with E-state index in [1.807, 2.05) is 54.7 Å². The summed E-state index contributed by atoms with van der Waals surface area (Å²) in [5.74, 6) is 1.10. The average molecular weight is 529 g/mol. The van der Waals surface area contributed by atoms with Gasteiger partial charge in [0.15, 0.2) is 0 Å². The summed E-state index contributed by atoms with van der Waals surface area (Å²) in [6.45, 7) is 0. The first-order valence-corrected chi connectivity index (χ1v) is 13.6. The maximum absolute atomic E-state index is 6.31. The predicted octanol–water partition coefficient (Wildman–Crippen LogP) is 9.05. The molecule has 0 aliphatic heterocycles. The average Bonchev–Trinajstić information content (AvgIpc) is 3.63. The smallest absolute Gasteiger partial charge is 0.290 e. The first kappa shape index (κ1) is 23.4. The van der Waals surface area contributed by atoms with E-state index >= 15 is 0 Å². The molecule has 0 amide bonds. The number of aromatic nitrogens is 2. The van der Waals surface area contributed by atoms with E-state index in [0.29, 0.717) is 11.7 Å². The minimum Gasteiger partial charge on any atom is -0.433 e. The summed E-state index contributed by atoms with van der Waals surface area (Å²) < 4.78 is 12.2. The van der Waals surface area contributed by atoms with Gasteiger partial charge in [-0.1, -0.05) is 91.0 Å². The summed E-state index contributed by atoms with van der Waals surface area (Å²) in [6.07, 6.45) is 3.56. The van der Waals surface area contributed by atoms with Crippen molar-refractivity contribution in [1.82, 2.24) is 9.97 Å². The molecule has 4 aromatic carbocycles. The van der Waals surface area contributed by atoms with E-state index in [1.165, 1.54) is 22.3 Å². The van der Waals surface area contributed by atoms with Crippen LogP contribution in [0.25, 0.3) is 33.3 Å². The molecular weight excluding hydrogens is 504 g/mol. The summed E-state index contributed by atoms with van der Waals surface area (Å²) in [5, 5.41) is 1.10. The Morgan fingerprint density at radius 3 is 2.20 bits per heavy atom. The second-order valence-electron chi connectivity index (χ2n) is 10.2. The van der Waals surface area contributed by atoms with Gasteiger partial charge in [-0.05, 0) is 64.2 Å². The van der Waals surface area contributed by atoms with Gasteiger partial charge < -0.3 is 9.15 Å². The Labute approximate surface area is 237 Å². The maximum Gasteiger partial charge on any atom is 0.290 e. The van der Waals surface area contributed by atoms with Crippen molar-refractivity contribution >= 4 is 10.9 Å². The Hall–Kier alpha value is -5.48. The summed E-state index contributed by atoms with van der Waals surface area (Å²) >= 11 is 0. The number of hydrogen-bond donors (Lipinski definition) is 0. The molecular formula is C37H24N2O2. The predicted molar refractivity (Wildman–Crippen MR) is 161 cm³/mol. The van der Waals surface area contributed by atoms with Gasteiger partial charge in [-0.25, -0.2) is 4.98 Å². The molecule has 0 spiro atoms. The van der Waals surface area contributed by atoms with Crippen LogP contribution in [0.2, 0.25) is 0 Å². The van der Waals surface area contributed by atoms with E-state index in [2.05, 4.69) is 84.9 Å². The zero-order valence-electron chi connectivity index (χ0n) is 22.1. The lowest BCUT2D eigenvalue weighted by Gasteiger charge is -2.32. The van der Waals surface area contributed by atoms with Gasteiger partial charge in [-0.2, -0.15) is 0 Å². The van der Waals surface area contributed by atoms with Crippen LogP contribution in [-0.4, -0.2) is 9.97 Å². The van der Waals surface area contributed by atoms with Crippen LogP contribution in [0, 0.1) is 0 Å². The molecule has 4 heteroatoms. The Bertz CT molecular complexity index is 2000. The largest absolute Gasteiger partial charge is 0.433 e.